The van der Waals surface area contributed by atoms with Crippen LogP contribution in [0.1, 0.15) is 5.56 Å². The largest absolute Gasteiger partial charge is 0.454 e. The van der Waals surface area contributed by atoms with Crippen LogP contribution in [0.15, 0.2) is 30.5 Å². The van der Waals surface area contributed by atoms with Gasteiger partial charge in [-0.15, -0.1) is 0 Å². The summed E-state index contributed by atoms with van der Waals surface area (Å²) in [7, 11) is 0. The number of esters is 1. The van der Waals surface area contributed by atoms with Crippen molar-refractivity contribution in [2.45, 2.75) is 37.1 Å². The zero-order valence-corrected chi connectivity index (χ0v) is 12.7. The summed E-state index contributed by atoms with van der Waals surface area (Å²) in [5.41, 5.74) is 1.59. The minimum absolute atomic E-state index is 0.0700. The summed E-state index contributed by atoms with van der Waals surface area (Å²) in [5.74, 6) is -0.680. The molecule has 24 heavy (non-hydrogen) atoms. The molecule has 0 spiro atoms. The number of nitrogens with one attached hydrogen (secondary N) is 1. The smallest absolute Gasteiger partial charge is 0.310 e. The molecule has 5 N–H and O–H groups in total. The van der Waals surface area contributed by atoms with E-state index in [-0.39, 0.29) is 6.42 Å². The lowest BCUT2D eigenvalue weighted by atomic mass is 9.99. The van der Waals surface area contributed by atoms with Crippen LogP contribution in [0.3, 0.4) is 0 Å². The highest BCUT2D eigenvalue weighted by atomic mass is 16.7. The van der Waals surface area contributed by atoms with E-state index in [4.69, 9.17) is 14.6 Å². The number of benzene rings is 1. The van der Waals surface area contributed by atoms with Gasteiger partial charge in [0, 0.05) is 17.1 Å². The molecule has 1 unspecified atom stereocenters. The first-order chi connectivity index (χ1) is 11.5. The number of rotatable bonds is 4. The van der Waals surface area contributed by atoms with Crippen molar-refractivity contribution in [3.05, 3.63) is 36.0 Å². The molecule has 1 fully saturated rings. The van der Waals surface area contributed by atoms with Gasteiger partial charge in [-0.3, -0.25) is 4.79 Å². The molecular formula is C16H19NO7. The number of aromatic nitrogens is 1. The second kappa shape index (κ2) is 6.88. The van der Waals surface area contributed by atoms with E-state index in [0.717, 1.165) is 10.9 Å². The zero-order chi connectivity index (χ0) is 17.3. The highest BCUT2D eigenvalue weighted by Crippen LogP contribution is 2.23. The summed E-state index contributed by atoms with van der Waals surface area (Å²) in [6.45, 7) is -0.578. The fourth-order valence-corrected chi connectivity index (χ4v) is 2.83. The lowest BCUT2D eigenvalue weighted by molar-refractivity contribution is -0.290. The van der Waals surface area contributed by atoms with E-state index in [0.29, 0.717) is 5.56 Å². The van der Waals surface area contributed by atoms with E-state index in [2.05, 4.69) is 4.98 Å². The minimum Gasteiger partial charge on any atom is -0.454 e. The normalized spacial score (nSPS) is 30.4. The number of ether oxygens (including phenoxy) is 2. The fourth-order valence-electron chi connectivity index (χ4n) is 2.83. The van der Waals surface area contributed by atoms with Gasteiger partial charge >= 0.3 is 5.97 Å². The lowest BCUT2D eigenvalue weighted by Crippen LogP contribution is -2.59. The quantitative estimate of drug-likeness (QED) is 0.455. The molecule has 0 aliphatic carbocycles. The van der Waals surface area contributed by atoms with Crippen molar-refractivity contribution in [2.75, 3.05) is 6.61 Å². The van der Waals surface area contributed by atoms with Crippen molar-refractivity contribution in [3.63, 3.8) is 0 Å². The van der Waals surface area contributed by atoms with Crippen LogP contribution in [-0.2, 0) is 20.7 Å². The van der Waals surface area contributed by atoms with Crippen LogP contribution in [0.25, 0.3) is 10.9 Å². The number of aliphatic hydroxyl groups is 4. The van der Waals surface area contributed by atoms with Gasteiger partial charge in [0.2, 0.25) is 0 Å². The molecule has 1 aromatic heterocycles. The number of carbonyl (C=O) groups excluding carboxylic acids is 1. The van der Waals surface area contributed by atoms with Gasteiger partial charge in [0.15, 0.2) is 12.4 Å². The molecule has 3 rings (SSSR count). The molecule has 1 aliphatic rings. The van der Waals surface area contributed by atoms with Gasteiger partial charge in [-0.1, -0.05) is 18.2 Å². The maximum Gasteiger partial charge on any atom is 0.310 e. The third kappa shape index (κ3) is 3.14. The van der Waals surface area contributed by atoms with E-state index >= 15 is 0 Å². The summed E-state index contributed by atoms with van der Waals surface area (Å²) >= 11 is 0. The molecule has 0 saturated carbocycles. The Labute approximate surface area is 137 Å². The number of hydrogen-bond donors (Lipinski definition) is 5. The third-order valence-electron chi connectivity index (χ3n) is 4.12. The Bertz CT molecular complexity index is 715. The molecule has 1 saturated heterocycles. The third-order valence-corrected chi connectivity index (χ3v) is 4.12. The Morgan fingerprint density at radius 2 is 1.96 bits per heavy atom. The van der Waals surface area contributed by atoms with Crippen LogP contribution >= 0.6 is 0 Å². The molecule has 1 aromatic carbocycles. The number of aromatic amines is 1. The van der Waals surface area contributed by atoms with Crippen LogP contribution < -0.4 is 0 Å². The van der Waals surface area contributed by atoms with Gasteiger partial charge in [0.1, 0.15) is 18.3 Å². The molecule has 5 atom stereocenters. The van der Waals surface area contributed by atoms with E-state index in [1.165, 1.54) is 0 Å². The van der Waals surface area contributed by atoms with Gasteiger partial charge in [-0.2, -0.15) is 0 Å². The van der Waals surface area contributed by atoms with Crippen molar-refractivity contribution in [2.24, 2.45) is 0 Å². The maximum absolute atomic E-state index is 12.1. The zero-order valence-electron chi connectivity index (χ0n) is 12.7. The summed E-state index contributed by atoms with van der Waals surface area (Å²) in [5, 5.41) is 39.5. The van der Waals surface area contributed by atoms with Crippen LogP contribution in [-0.4, -0.2) is 68.7 Å². The second-order valence-electron chi connectivity index (χ2n) is 5.72. The summed E-state index contributed by atoms with van der Waals surface area (Å²) in [6.07, 6.45) is -5.61. The molecule has 130 valence electrons. The molecule has 1 aliphatic heterocycles. The first-order valence-corrected chi connectivity index (χ1v) is 7.56. The molecular weight excluding hydrogens is 318 g/mol. The molecule has 8 heteroatoms. The van der Waals surface area contributed by atoms with Crippen LogP contribution in [0.2, 0.25) is 0 Å². The van der Waals surface area contributed by atoms with Gasteiger partial charge < -0.3 is 34.9 Å². The van der Waals surface area contributed by atoms with Gasteiger partial charge in [-0.05, 0) is 11.6 Å². The summed E-state index contributed by atoms with van der Waals surface area (Å²) < 4.78 is 10.0. The Hall–Kier alpha value is -1.97. The average molecular weight is 337 g/mol. The van der Waals surface area contributed by atoms with E-state index in [1.807, 2.05) is 24.3 Å². The number of carbonyl (C=O) groups is 1. The fraction of sp³-hybridized carbons (Fsp3) is 0.438. The predicted octanol–water partition coefficient (Wildman–Crippen LogP) is -0.947. The van der Waals surface area contributed by atoms with Crippen molar-refractivity contribution >= 4 is 16.9 Å². The van der Waals surface area contributed by atoms with E-state index in [9.17, 15) is 20.1 Å². The summed E-state index contributed by atoms with van der Waals surface area (Å²) in [6, 6.07) is 7.44. The highest BCUT2D eigenvalue weighted by Gasteiger charge is 2.45. The number of fused-ring (bicyclic) bond motifs is 1. The molecule has 2 aromatic rings. The standard InChI is InChI=1S/C16H19NO7/c18-7-11-13(20)14(21)15(16(22)23-11)24-12(19)5-8-6-17-10-4-2-1-3-9(8)10/h1-4,6,11,13-18,20-22H,5,7H2/t11-,13-,14+,15-,16?/m1/s1. The Morgan fingerprint density at radius 1 is 1.21 bits per heavy atom. The van der Waals surface area contributed by atoms with Crippen LogP contribution in [0, 0.1) is 0 Å². The maximum atomic E-state index is 12.1. The molecule has 2 heterocycles. The van der Waals surface area contributed by atoms with Crippen LogP contribution in [0.4, 0.5) is 0 Å². The summed E-state index contributed by atoms with van der Waals surface area (Å²) in [4.78, 5) is 15.2. The molecule has 8 nitrogen and oxygen atoms in total. The predicted molar refractivity (Wildman–Crippen MR) is 81.9 cm³/mol. The SMILES string of the molecule is O=C(Cc1c[nH]c2ccccc12)O[C@H]1C(O)O[C@H](CO)[C@@H](O)[C@@H]1O. The van der Waals surface area contributed by atoms with Crippen molar-refractivity contribution in [1.82, 2.24) is 4.98 Å². The topological polar surface area (TPSA) is 132 Å². The van der Waals surface area contributed by atoms with Crippen molar-refractivity contribution < 1.29 is 34.7 Å². The van der Waals surface area contributed by atoms with Crippen molar-refractivity contribution in [1.29, 1.82) is 0 Å². The number of H-pyrrole nitrogens is 1. The van der Waals surface area contributed by atoms with Gasteiger partial charge in [-0.25, -0.2) is 0 Å². The van der Waals surface area contributed by atoms with Crippen molar-refractivity contribution in [3.8, 4) is 0 Å². The Kier molecular flexibility index (Phi) is 4.83. The monoisotopic (exact) mass is 337 g/mol. The number of para-hydroxylation sites is 1. The minimum atomic E-state index is -1.63. The van der Waals surface area contributed by atoms with E-state index in [1.54, 1.807) is 6.20 Å². The number of aliphatic hydroxyl groups excluding tert-OH is 4. The Morgan fingerprint density at radius 3 is 2.71 bits per heavy atom. The number of hydrogen-bond acceptors (Lipinski definition) is 7. The first-order valence-electron chi connectivity index (χ1n) is 7.56. The molecule has 0 amide bonds. The second-order valence-corrected chi connectivity index (χ2v) is 5.72. The van der Waals surface area contributed by atoms with Crippen LogP contribution in [0.5, 0.6) is 0 Å². The van der Waals surface area contributed by atoms with Gasteiger partial charge in [0.05, 0.1) is 13.0 Å². The van der Waals surface area contributed by atoms with E-state index < -0.39 is 43.3 Å². The van der Waals surface area contributed by atoms with Gasteiger partial charge in [0.25, 0.3) is 0 Å². The molecule has 0 bridgehead atoms. The lowest BCUT2D eigenvalue weighted by Gasteiger charge is -2.39. The highest BCUT2D eigenvalue weighted by molar-refractivity contribution is 5.87. The molecule has 0 radical (unpaired) electrons. The average Bonchev–Trinajstić information content (AvgIpc) is 2.98. The Balaban J connectivity index is 1.68. The first kappa shape index (κ1) is 16.9.